The van der Waals surface area contributed by atoms with Crippen LogP contribution in [0.25, 0.3) is 0 Å². The van der Waals surface area contributed by atoms with Gasteiger partial charge in [0.2, 0.25) is 0 Å². The summed E-state index contributed by atoms with van der Waals surface area (Å²) < 4.78 is 16.8. The molecule has 0 N–H and O–H groups in total. The highest BCUT2D eigenvalue weighted by molar-refractivity contribution is 5.71. The summed E-state index contributed by atoms with van der Waals surface area (Å²) in [4.78, 5) is 38.1. The summed E-state index contributed by atoms with van der Waals surface area (Å²) >= 11 is 0. The minimum atomic E-state index is -0.788. The monoisotopic (exact) mass is 1040 g/mol. The third kappa shape index (κ3) is 60.8. The molecule has 0 saturated carbocycles. The van der Waals surface area contributed by atoms with Crippen molar-refractivity contribution in [3.8, 4) is 0 Å². The number of hydrogen-bond donors (Lipinski definition) is 0. The highest BCUT2D eigenvalue weighted by atomic mass is 16.6. The summed E-state index contributed by atoms with van der Waals surface area (Å²) in [6.45, 7) is 6.41. The Hall–Kier alpha value is -3.93. The molecule has 6 nitrogen and oxygen atoms in total. The van der Waals surface area contributed by atoms with Gasteiger partial charge in [0.25, 0.3) is 0 Å². The second-order valence-corrected chi connectivity index (χ2v) is 20.6. The molecule has 0 spiro atoms. The predicted octanol–water partition coefficient (Wildman–Crippen LogP) is 21.4. The Bertz CT molecular complexity index is 1520. The van der Waals surface area contributed by atoms with Crippen LogP contribution >= 0.6 is 0 Å². The number of rotatable bonds is 56. The van der Waals surface area contributed by atoms with Crippen molar-refractivity contribution in [2.75, 3.05) is 13.2 Å². The Morgan fingerprint density at radius 1 is 0.280 bits per heavy atom. The molecule has 0 aromatic rings. The van der Waals surface area contributed by atoms with E-state index in [4.69, 9.17) is 14.2 Å². The molecule has 0 aromatic heterocycles. The van der Waals surface area contributed by atoms with Crippen LogP contribution in [0.1, 0.15) is 290 Å². The van der Waals surface area contributed by atoms with Gasteiger partial charge in [0.1, 0.15) is 13.2 Å². The molecular weight excluding hydrogens is 925 g/mol. The maximum atomic E-state index is 12.8. The van der Waals surface area contributed by atoms with Crippen molar-refractivity contribution in [3.63, 3.8) is 0 Å². The van der Waals surface area contributed by atoms with Crippen molar-refractivity contribution >= 4 is 17.9 Å². The number of carbonyl (C=O) groups is 3. The first-order chi connectivity index (χ1) is 37.0. The second kappa shape index (κ2) is 62.6. The highest BCUT2D eigenvalue weighted by Crippen LogP contribution is 2.16. The van der Waals surface area contributed by atoms with E-state index in [9.17, 15) is 14.4 Å². The fourth-order valence-electron chi connectivity index (χ4n) is 8.52. The van der Waals surface area contributed by atoms with Crippen molar-refractivity contribution < 1.29 is 28.6 Å². The van der Waals surface area contributed by atoms with Gasteiger partial charge in [-0.2, -0.15) is 0 Å². The largest absolute Gasteiger partial charge is 0.462 e. The van der Waals surface area contributed by atoms with Gasteiger partial charge in [0.15, 0.2) is 6.10 Å². The summed E-state index contributed by atoms with van der Waals surface area (Å²) in [6.07, 6.45) is 85.4. The number of carbonyl (C=O) groups excluding carboxylic acids is 3. The lowest BCUT2D eigenvalue weighted by Gasteiger charge is -2.18. The maximum Gasteiger partial charge on any atom is 0.306 e. The van der Waals surface area contributed by atoms with E-state index in [-0.39, 0.29) is 31.1 Å². The van der Waals surface area contributed by atoms with Gasteiger partial charge in [-0.05, 0) is 116 Å². The Labute approximate surface area is 463 Å². The third-order valence-corrected chi connectivity index (χ3v) is 13.2. The predicted molar refractivity (Wildman–Crippen MR) is 325 cm³/mol. The lowest BCUT2D eigenvalue weighted by molar-refractivity contribution is -0.167. The standard InChI is InChI=1S/C69H116O6/c1-4-7-10-13-16-19-22-24-25-26-27-28-29-30-31-32-33-34-35-36-37-38-39-40-41-42-43-45-47-50-53-56-59-62-68(71)74-65-66(64-73-67(70)61-58-55-52-49-46-21-18-15-12-9-6-3)75-69(72)63-60-57-54-51-48-44-23-20-17-14-11-8-5-2/h7,10-11,14-16,18-20,23-25,27-28,30-31,33-34,66H,4-6,8-9,12-13,17,21-22,26,29,32,35-65H2,1-3H3/b10-7-,14-11-,18-15-,19-16-,23-20-,25-24-,28-27-,31-30-,34-33-. The quantitative estimate of drug-likeness (QED) is 0.0261. The number of unbranched alkanes of at least 4 members (excludes halogenated alkanes) is 27. The molecule has 0 aliphatic carbocycles. The number of ether oxygens (including phenoxy) is 3. The van der Waals surface area contributed by atoms with E-state index in [2.05, 4.69) is 130 Å². The maximum absolute atomic E-state index is 12.8. The van der Waals surface area contributed by atoms with Crippen LogP contribution in [0, 0.1) is 0 Å². The Kier molecular flexibility index (Phi) is 59.3. The molecule has 0 aliphatic rings. The average Bonchev–Trinajstić information content (AvgIpc) is 3.41. The molecule has 0 saturated heterocycles. The molecule has 6 heteroatoms. The zero-order chi connectivity index (χ0) is 54.3. The molecule has 0 heterocycles. The summed E-state index contributed by atoms with van der Waals surface area (Å²) in [5.41, 5.74) is 0. The average molecular weight is 1040 g/mol. The SMILES string of the molecule is CC/C=C\C/C=C\C/C=C\C/C=C\C/C=C\C/C=C\CCCCCCCCCCCCCCCCC(=O)OCC(COC(=O)CCCCCCC/C=C\CCCC)OC(=O)CCCCCCC/C=C\C/C=C\CCC. The van der Waals surface area contributed by atoms with Gasteiger partial charge < -0.3 is 14.2 Å². The molecular formula is C69H116O6. The molecule has 0 amide bonds. The number of allylic oxidation sites excluding steroid dienone is 18. The van der Waals surface area contributed by atoms with E-state index in [1.165, 1.54) is 116 Å². The van der Waals surface area contributed by atoms with Crippen molar-refractivity contribution in [2.45, 2.75) is 297 Å². The molecule has 0 radical (unpaired) electrons. The van der Waals surface area contributed by atoms with Crippen LogP contribution in [0.2, 0.25) is 0 Å². The van der Waals surface area contributed by atoms with E-state index >= 15 is 0 Å². The normalized spacial score (nSPS) is 12.8. The van der Waals surface area contributed by atoms with Crippen LogP contribution in [0.3, 0.4) is 0 Å². The molecule has 0 rings (SSSR count). The molecule has 0 aliphatic heterocycles. The zero-order valence-corrected chi connectivity index (χ0v) is 49.0. The van der Waals surface area contributed by atoms with Gasteiger partial charge in [0.05, 0.1) is 0 Å². The van der Waals surface area contributed by atoms with E-state index in [1.807, 2.05) is 0 Å². The van der Waals surface area contributed by atoms with Gasteiger partial charge in [-0.1, -0.05) is 265 Å². The van der Waals surface area contributed by atoms with Crippen LogP contribution in [0.4, 0.5) is 0 Å². The van der Waals surface area contributed by atoms with E-state index < -0.39 is 6.10 Å². The van der Waals surface area contributed by atoms with Crippen molar-refractivity contribution in [1.82, 2.24) is 0 Å². The summed E-state index contributed by atoms with van der Waals surface area (Å²) in [5, 5.41) is 0. The first-order valence-corrected chi connectivity index (χ1v) is 31.4. The van der Waals surface area contributed by atoms with Crippen LogP contribution in [-0.4, -0.2) is 37.2 Å². The molecule has 428 valence electrons. The number of esters is 3. The van der Waals surface area contributed by atoms with Gasteiger partial charge in [-0.3, -0.25) is 14.4 Å². The summed E-state index contributed by atoms with van der Waals surface area (Å²) in [6, 6.07) is 0. The van der Waals surface area contributed by atoms with Gasteiger partial charge >= 0.3 is 17.9 Å². The molecule has 1 unspecified atom stereocenters. The van der Waals surface area contributed by atoms with Crippen molar-refractivity contribution in [3.05, 3.63) is 109 Å². The molecule has 75 heavy (non-hydrogen) atoms. The van der Waals surface area contributed by atoms with Crippen LogP contribution in [-0.2, 0) is 28.6 Å². The molecule has 0 fully saturated rings. The summed E-state index contributed by atoms with van der Waals surface area (Å²) in [7, 11) is 0. The second-order valence-electron chi connectivity index (χ2n) is 20.6. The fourth-order valence-corrected chi connectivity index (χ4v) is 8.52. The van der Waals surface area contributed by atoms with Crippen LogP contribution in [0.15, 0.2) is 109 Å². The van der Waals surface area contributed by atoms with Gasteiger partial charge in [-0.15, -0.1) is 0 Å². The van der Waals surface area contributed by atoms with Crippen molar-refractivity contribution in [1.29, 1.82) is 0 Å². The topological polar surface area (TPSA) is 78.9 Å². The van der Waals surface area contributed by atoms with Crippen molar-refractivity contribution in [2.24, 2.45) is 0 Å². The van der Waals surface area contributed by atoms with E-state index in [0.717, 1.165) is 135 Å². The Balaban J connectivity index is 4.13. The lowest BCUT2D eigenvalue weighted by atomic mass is 10.0. The molecule has 0 bridgehead atoms. The van der Waals surface area contributed by atoms with Crippen LogP contribution < -0.4 is 0 Å². The Morgan fingerprint density at radius 2 is 0.547 bits per heavy atom. The fraction of sp³-hybridized carbons (Fsp3) is 0.696. The van der Waals surface area contributed by atoms with E-state index in [1.54, 1.807) is 0 Å². The van der Waals surface area contributed by atoms with E-state index in [0.29, 0.717) is 19.3 Å². The third-order valence-electron chi connectivity index (χ3n) is 13.2. The highest BCUT2D eigenvalue weighted by Gasteiger charge is 2.19. The number of hydrogen-bond acceptors (Lipinski definition) is 6. The zero-order valence-electron chi connectivity index (χ0n) is 49.0. The molecule has 1 atom stereocenters. The molecule has 0 aromatic carbocycles. The minimum Gasteiger partial charge on any atom is -0.462 e. The minimum absolute atomic E-state index is 0.0856. The summed E-state index contributed by atoms with van der Waals surface area (Å²) in [5.74, 6) is -0.907. The first kappa shape index (κ1) is 71.1. The van der Waals surface area contributed by atoms with Crippen LogP contribution in [0.5, 0.6) is 0 Å². The van der Waals surface area contributed by atoms with Gasteiger partial charge in [0, 0.05) is 19.3 Å². The first-order valence-electron chi connectivity index (χ1n) is 31.4. The smallest absolute Gasteiger partial charge is 0.306 e. The van der Waals surface area contributed by atoms with Gasteiger partial charge in [-0.25, -0.2) is 0 Å². The Morgan fingerprint density at radius 3 is 0.880 bits per heavy atom. The lowest BCUT2D eigenvalue weighted by Crippen LogP contribution is -2.30.